The molecule has 0 saturated carbocycles. The fraction of sp³-hybridized carbons (Fsp3) is 1.00. The molecule has 0 aromatic rings. The maximum absolute atomic E-state index is 11.0. The van der Waals surface area contributed by atoms with Gasteiger partial charge in [0, 0.05) is 0 Å². The summed E-state index contributed by atoms with van der Waals surface area (Å²) in [6.45, 7) is 1.53. The summed E-state index contributed by atoms with van der Waals surface area (Å²) in [5.74, 6) is 0. The predicted octanol–water partition coefficient (Wildman–Crippen LogP) is 1.43. The molecule has 0 aliphatic rings. The van der Waals surface area contributed by atoms with Crippen LogP contribution in [-0.4, -0.2) is 17.2 Å². The van der Waals surface area contributed by atoms with Crippen molar-refractivity contribution in [3.8, 4) is 0 Å². The third kappa shape index (κ3) is 4.50. The van der Waals surface area contributed by atoms with Gasteiger partial charge in [0.1, 0.15) is 0 Å². The number of hydrogen-bond acceptors (Lipinski definition) is 0. The van der Waals surface area contributed by atoms with Crippen molar-refractivity contribution in [3.63, 3.8) is 0 Å². The van der Waals surface area contributed by atoms with E-state index in [2.05, 4.69) is 0 Å². The quantitative estimate of drug-likeness (QED) is 0.479. The van der Waals surface area contributed by atoms with Crippen LogP contribution in [0, 0.1) is 0 Å². The van der Waals surface area contributed by atoms with Crippen LogP contribution in [0.25, 0.3) is 0 Å². The summed E-state index contributed by atoms with van der Waals surface area (Å²) in [4.78, 5) is 0.160. The Balaban J connectivity index is 2.54. The van der Waals surface area contributed by atoms with Crippen LogP contribution in [0.3, 0.4) is 0 Å². The zero-order chi connectivity index (χ0) is 4.28. The number of rotatable bonds is 1. The van der Waals surface area contributed by atoms with Gasteiger partial charge in [-0.1, -0.05) is 0 Å². The van der Waals surface area contributed by atoms with Crippen LogP contribution in [-0.2, 0) is 0 Å². The van der Waals surface area contributed by atoms with E-state index < -0.39 is 17.2 Å². The van der Waals surface area contributed by atoms with Gasteiger partial charge in [0.05, 0.1) is 0 Å². The van der Waals surface area contributed by atoms with Crippen LogP contribution < -0.4 is 0 Å². The van der Waals surface area contributed by atoms with E-state index in [1.165, 1.54) is 6.92 Å². The van der Waals surface area contributed by atoms with E-state index in [0.29, 0.717) is 0 Å². The number of halogens is 2. The summed E-state index contributed by atoms with van der Waals surface area (Å²) in [6, 6.07) is 0. The van der Waals surface area contributed by atoms with Gasteiger partial charge in [-0.05, 0) is 0 Å². The van der Waals surface area contributed by atoms with E-state index >= 15 is 0 Å². The second-order valence-electron chi connectivity index (χ2n) is 0.799. The summed E-state index contributed by atoms with van der Waals surface area (Å²) in [6.07, 6.45) is 0. The van der Waals surface area contributed by atoms with Gasteiger partial charge in [0.15, 0.2) is 0 Å². The molecule has 0 saturated heterocycles. The molecule has 0 radical (unpaired) electrons. The van der Waals surface area contributed by atoms with E-state index in [1.54, 1.807) is 0 Å². The molecule has 0 amide bonds. The molecule has 0 unspecified atom stereocenters. The molecule has 30 valence electrons. The Hall–Kier alpha value is 0.496. The predicted molar refractivity (Wildman–Crippen MR) is 18.5 cm³/mol. The Morgan fingerprint density at radius 3 is 1.80 bits per heavy atom. The van der Waals surface area contributed by atoms with Gasteiger partial charge in [-0.25, -0.2) is 0 Å². The van der Waals surface area contributed by atoms with Crippen molar-refractivity contribution in [2.45, 2.75) is 11.9 Å². The van der Waals surface area contributed by atoms with Crippen LogP contribution in [0.1, 0.15) is 6.92 Å². The average Bonchev–Trinajstić information content (AvgIpc) is 1.38. The van der Waals surface area contributed by atoms with Gasteiger partial charge in [0.2, 0.25) is 0 Å². The van der Waals surface area contributed by atoms with E-state index in [1.807, 2.05) is 0 Å². The van der Waals surface area contributed by atoms with Crippen LogP contribution in [0.2, 0.25) is 4.98 Å². The third-order valence-corrected chi connectivity index (χ3v) is 1.60. The van der Waals surface area contributed by atoms with Crippen LogP contribution in [0.15, 0.2) is 0 Å². The van der Waals surface area contributed by atoms with Crippen molar-refractivity contribution < 1.29 is 6.57 Å². The molecule has 0 heterocycles. The standard InChI is InChI=1S/C2H5.2FH.Ga/c1-2;;;/h1H2,2H3;2*1H;/q;;;+2/p-2. The second-order valence-corrected chi connectivity index (χ2v) is 4.15. The molecule has 0 N–H and O–H groups in total. The van der Waals surface area contributed by atoms with Gasteiger partial charge in [-0.2, -0.15) is 0 Å². The van der Waals surface area contributed by atoms with E-state index in [0.717, 1.165) is 0 Å². The van der Waals surface area contributed by atoms with Gasteiger partial charge in [-0.15, -0.1) is 0 Å². The third-order valence-electron chi connectivity index (χ3n) is 0.309. The summed E-state index contributed by atoms with van der Waals surface area (Å²) < 4.78 is 21.9. The van der Waals surface area contributed by atoms with Crippen molar-refractivity contribution in [3.05, 3.63) is 0 Å². The molecular weight excluding hydrogens is 132 g/mol. The van der Waals surface area contributed by atoms with Crippen molar-refractivity contribution in [2.75, 3.05) is 0 Å². The molecule has 3 heteroatoms. The molecule has 0 aromatic heterocycles. The van der Waals surface area contributed by atoms with Crippen molar-refractivity contribution >= 4 is 17.2 Å². The zero-order valence-electron chi connectivity index (χ0n) is 3.04. The van der Waals surface area contributed by atoms with Gasteiger partial charge < -0.3 is 0 Å². The van der Waals surface area contributed by atoms with Crippen molar-refractivity contribution in [2.24, 2.45) is 0 Å². The van der Waals surface area contributed by atoms with Crippen LogP contribution in [0.4, 0.5) is 6.57 Å². The average molecular weight is 137 g/mol. The van der Waals surface area contributed by atoms with E-state index in [-0.39, 0.29) is 4.98 Å². The summed E-state index contributed by atoms with van der Waals surface area (Å²) in [5.41, 5.74) is 0. The molecule has 0 nitrogen and oxygen atoms in total. The summed E-state index contributed by atoms with van der Waals surface area (Å²) in [5, 5.41) is 0. The molecule has 0 spiro atoms. The summed E-state index contributed by atoms with van der Waals surface area (Å²) >= 11 is -3.51. The van der Waals surface area contributed by atoms with Crippen molar-refractivity contribution in [1.29, 1.82) is 0 Å². The van der Waals surface area contributed by atoms with Crippen LogP contribution in [0.5, 0.6) is 0 Å². The molecule has 0 atom stereocenters. The molecule has 0 aliphatic carbocycles. The molecule has 0 rings (SSSR count). The maximum atomic E-state index is 11.0. The first-order valence-electron chi connectivity index (χ1n) is 1.55. The molecule has 0 aliphatic heterocycles. The summed E-state index contributed by atoms with van der Waals surface area (Å²) in [7, 11) is 0. The second kappa shape index (κ2) is 2.72. The van der Waals surface area contributed by atoms with Gasteiger partial charge >= 0.3 is 35.7 Å². The minimum atomic E-state index is -3.51. The Morgan fingerprint density at radius 2 is 1.80 bits per heavy atom. The monoisotopic (exact) mass is 136 g/mol. The normalized spacial score (nSPS) is 7.80. The number of hydrogen-bond donors (Lipinski definition) is 0. The SMILES string of the molecule is C[CH2][Ga]([F])[F]. The topological polar surface area (TPSA) is 0 Å². The molecule has 5 heavy (non-hydrogen) atoms. The van der Waals surface area contributed by atoms with E-state index in [9.17, 15) is 6.57 Å². The van der Waals surface area contributed by atoms with Crippen LogP contribution >= 0.6 is 0 Å². The first kappa shape index (κ1) is 5.50. The first-order valence-corrected chi connectivity index (χ1v) is 5.10. The van der Waals surface area contributed by atoms with E-state index in [4.69, 9.17) is 0 Å². The molecule has 0 fully saturated rings. The molecule has 0 aromatic carbocycles. The fourth-order valence-corrected chi connectivity index (χ4v) is 0. The molecular formula is C2H5F2Ga. The van der Waals surface area contributed by atoms with Gasteiger partial charge in [-0.3, -0.25) is 0 Å². The zero-order valence-corrected chi connectivity index (χ0v) is 5.46. The van der Waals surface area contributed by atoms with Gasteiger partial charge in [0.25, 0.3) is 0 Å². The Bertz CT molecular complexity index is 21.6. The molecule has 0 bridgehead atoms. The minimum absolute atomic E-state index is 0.160. The Morgan fingerprint density at radius 1 is 1.60 bits per heavy atom. The Labute approximate surface area is 36.4 Å². The Kier molecular flexibility index (Phi) is 2.99. The van der Waals surface area contributed by atoms with Crippen molar-refractivity contribution in [1.82, 2.24) is 0 Å². The fourth-order valence-electron chi connectivity index (χ4n) is 0. The first-order chi connectivity index (χ1) is 2.27.